The summed E-state index contributed by atoms with van der Waals surface area (Å²) in [6.45, 7) is 14.7. The van der Waals surface area contributed by atoms with Gasteiger partial charge in [-0.1, -0.05) is 53.7 Å². The van der Waals surface area contributed by atoms with E-state index in [0.29, 0.717) is 25.2 Å². The topological polar surface area (TPSA) is 103 Å². The van der Waals surface area contributed by atoms with Gasteiger partial charge in [-0.15, -0.1) is 11.3 Å². The standard InChI is InChI=1S/C32H40F2N6O2S/c1-31(2,3)15-21(16-35)29(42)39-13-7-8-22(39)18-40-24-10-9-20(17-36-19-32(4,5)6)14-23(24)37-30(40)38-28(41)26-12-11-25(43-26)27(33)34/h9-12,14-15,22,27,36H,7-8,13,17-19H2,1-6H3,(H,37,38,41)/b21-15+/t22-/m1/s1. The number of carbonyl (C=O) groups is 2. The van der Waals surface area contributed by atoms with Crippen molar-refractivity contribution in [3.63, 3.8) is 0 Å². The van der Waals surface area contributed by atoms with Gasteiger partial charge in [-0.25, -0.2) is 13.8 Å². The van der Waals surface area contributed by atoms with Crippen LogP contribution < -0.4 is 10.6 Å². The molecule has 1 aliphatic heterocycles. The zero-order valence-corrected chi connectivity index (χ0v) is 26.4. The number of fused-ring (bicyclic) bond motifs is 1. The van der Waals surface area contributed by atoms with Gasteiger partial charge >= 0.3 is 0 Å². The highest BCUT2D eigenvalue weighted by Crippen LogP contribution is 2.30. The minimum atomic E-state index is -2.65. The number of nitriles is 1. The van der Waals surface area contributed by atoms with Crippen LogP contribution in [0.4, 0.5) is 14.7 Å². The summed E-state index contributed by atoms with van der Waals surface area (Å²) in [5.41, 5.74) is 2.39. The number of alkyl halides is 2. The van der Waals surface area contributed by atoms with Gasteiger partial charge in [0.2, 0.25) is 5.95 Å². The van der Waals surface area contributed by atoms with E-state index in [1.165, 1.54) is 12.1 Å². The van der Waals surface area contributed by atoms with Crippen molar-refractivity contribution in [2.24, 2.45) is 10.8 Å². The van der Waals surface area contributed by atoms with Gasteiger partial charge in [-0.3, -0.25) is 14.9 Å². The third-order valence-corrected chi connectivity index (χ3v) is 8.14. The molecule has 2 N–H and O–H groups in total. The lowest BCUT2D eigenvalue weighted by molar-refractivity contribution is -0.127. The van der Waals surface area contributed by atoms with E-state index in [4.69, 9.17) is 4.98 Å². The molecule has 43 heavy (non-hydrogen) atoms. The Morgan fingerprint density at radius 1 is 1.19 bits per heavy atom. The SMILES string of the molecule is CC(C)(C)/C=C(\C#N)C(=O)N1CCC[C@@H]1Cn1c(NC(=O)c2ccc(C(F)F)s2)nc2cc(CNCC(C)(C)C)ccc21. The van der Waals surface area contributed by atoms with Crippen molar-refractivity contribution in [2.45, 2.75) is 79.9 Å². The molecule has 2 amide bonds. The van der Waals surface area contributed by atoms with Crippen molar-refractivity contribution in [1.29, 1.82) is 5.26 Å². The lowest BCUT2D eigenvalue weighted by Crippen LogP contribution is -2.39. The summed E-state index contributed by atoms with van der Waals surface area (Å²) in [7, 11) is 0. The summed E-state index contributed by atoms with van der Waals surface area (Å²) in [5, 5.41) is 16.0. The molecule has 0 saturated carbocycles. The number of hydrogen-bond donors (Lipinski definition) is 2. The number of anilines is 1. The summed E-state index contributed by atoms with van der Waals surface area (Å²) in [4.78, 5) is 33.0. The number of benzene rings is 1. The first-order valence-corrected chi connectivity index (χ1v) is 15.3. The Labute approximate surface area is 255 Å². The molecule has 0 spiro atoms. The number of halogens is 2. The Bertz CT molecular complexity index is 1550. The maximum absolute atomic E-state index is 13.5. The number of nitrogens with one attached hydrogen (secondary N) is 2. The first kappa shape index (κ1) is 32.3. The molecule has 2 aromatic heterocycles. The predicted octanol–water partition coefficient (Wildman–Crippen LogP) is 6.91. The van der Waals surface area contributed by atoms with Gasteiger partial charge in [0.05, 0.1) is 26.8 Å². The Morgan fingerprint density at radius 2 is 1.93 bits per heavy atom. The van der Waals surface area contributed by atoms with E-state index in [-0.39, 0.29) is 44.1 Å². The van der Waals surface area contributed by atoms with E-state index < -0.39 is 12.3 Å². The van der Waals surface area contributed by atoms with Crippen molar-refractivity contribution >= 4 is 40.1 Å². The second-order valence-corrected chi connectivity index (χ2v) is 14.4. The normalized spacial score (nSPS) is 16.2. The number of allylic oxidation sites excluding steroid dienone is 1. The van der Waals surface area contributed by atoms with E-state index >= 15 is 0 Å². The van der Waals surface area contributed by atoms with Crippen LogP contribution >= 0.6 is 11.3 Å². The molecule has 0 unspecified atom stereocenters. The zero-order valence-electron chi connectivity index (χ0n) is 25.6. The quantitative estimate of drug-likeness (QED) is 0.202. The minimum Gasteiger partial charge on any atom is -0.333 e. The summed E-state index contributed by atoms with van der Waals surface area (Å²) in [6.07, 6.45) is 0.559. The summed E-state index contributed by atoms with van der Waals surface area (Å²) < 4.78 is 28.2. The highest BCUT2D eigenvalue weighted by Gasteiger charge is 2.33. The number of rotatable bonds is 9. The molecule has 0 aliphatic carbocycles. The minimum absolute atomic E-state index is 0.114. The van der Waals surface area contributed by atoms with Gasteiger partial charge in [0.1, 0.15) is 11.6 Å². The average Bonchev–Trinajstić information content (AvgIpc) is 3.65. The fourth-order valence-electron chi connectivity index (χ4n) is 5.14. The first-order valence-electron chi connectivity index (χ1n) is 14.5. The van der Waals surface area contributed by atoms with Gasteiger partial charge < -0.3 is 14.8 Å². The molecule has 230 valence electrons. The van der Waals surface area contributed by atoms with Gasteiger partial charge in [0.15, 0.2) is 0 Å². The Kier molecular flexibility index (Phi) is 9.72. The number of imidazole rings is 1. The van der Waals surface area contributed by atoms with Gasteiger partial charge in [0, 0.05) is 26.2 Å². The van der Waals surface area contributed by atoms with Gasteiger partial charge in [-0.2, -0.15) is 5.26 Å². The third kappa shape index (κ3) is 8.27. The molecule has 8 nitrogen and oxygen atoms in total. The van der Waals surface area contributed by atoms with Crippen molar-refractivity contribution in [1.82, 2.24) is 19.8 Å². The van der Waals surface area contributed by atoms with Crippen molar-refractivity contribution in [3.05, 3.63) is 57.3 Å². The van der Waals surface area contributed by atoms with Crippen molar-refractivity contribution in [3.8, 4) is 6.07 Å². The maximum Gasteiger partial charge on any atom is 0.272 e. The summed E-state index contributed by atoms with van der Waals surface area (Å²) >= 11 is 0.745. The van der Waals surface area contributed by atoms with Crippen LogP contribution in [0.25, 0.3) is 11.0 Å². The summed E-state index contributed by atoms with van der Waals surface area (Å²) in [5.74, 6) is -0.558. The third-order valence-electron chi connectivity index (χ3n) is 7.05. The zero-order chi connectivity index (χ0) is 31.5. The average molecular weight is 611 g/mol. The van der Waals surface area contributed by atoms with Crippen LogP contribution in [0, 0.1) is 22.2 Å². The highest BCUT2D eigenvalue weighted by molar-refractivity contribution is 7.14. The molecule has 1 atom stereocenters. The molecule has 0 bridgehead atoms. The molecule has 1 fully saturated rings. The number of hydrogen-bond acceptors (Lipinski definition) is 6. The fourth-order valence-corrected chi connectivity index (χ4v) is 5.89. The molecule has 3 heterocycles. The van der Waals surface area contributed by atoms with E-state index in [2.05, 4.69) is 37.5 Å². The van der Waals surface area contributed by atoms with Crippen molar-refractivity contribution in [2.75, 3.05) is 18.4 Å². The molecule has 4 rings (SSSR count). The fraction of sp³-hybridized carbons (Fsp3) is 0.500. The van der Waals surface area contributed by atoms with Crippen LogP contribution in [0.2, 0.25) is 0 Å². The molecular formula is C32H40F2N6O2S. The molecule has 1 aliphatic rings. The van der Waals surface area contributed by atoms with Crippen LogP contribution in [0.5, 0.6) is 0 Å². The van der Waals surface area contributed by atoms with E-state index in [1.54, 1.807) is 11.0 Å². The van der Waals surface area contributed by atoms with E-state index in [0.717, 1.165) is 41.8 Å². The largest absolute Gasteiger partial charge is 0.333 e. The molecule has 1 aromatic carbocycles. The number of likely N-dealkylation sites (tertiary alicyclic amines) is 1. The Hall–Kier alpha value is -3.62. The van der Waals surface area contributed by atoms with E-state index in [1.807, 2.05) is 43.5 Å². The lowest BCUT2D eigenvalue weighted by Gasteiger charge is -2.26. The number of nitrogens with zero attached hydrogens (tertiary/aromatic N) is 4. The van der Waals surface area contributed by atoms with Crippen LogP contribution in [-0.2, 0) is 17.9 Å². The van der Waals surface area contributed by atoms with Crippen LogP contribution in [0.15, 0.2) is 42.0 Å². The molecule has 3 aromatic rings. The van der Waals surface area contributed by atoms with Crippen LogP contribution in [0.3, 0.4) is 0 Å². The number of amides is 2. The summed E-state index contributed by atoms with van der Waals surface area (Å²) in [6, 6.07) is 10.4. The van der Waals surface area contributed by atoms with Crippen LogP contribution in [-0.4, -0.2) is 45.4 Å². The van der Waals surface area contributed by atoms with Gasteiger partial charge in [-0.05, 0) is 53.5 Å². The molecule has 1 saturated heterocycles. The van der Waals surface area contributed by atoms with E-state index in [9.17, 15) is 23.6 Å². The molecular weight excluding hydrogens is 570 g/mol. The molecule has 0 radical (unpaired) electrons. The predicted molar refractivity (Wildman–Crippen MR) is 166 cm³/mol. The smallest absolute Gasteiger partial charge is 0.272 e. The second-order valence-electron chi connectivity index (χ2n) is 13.3. The molecule has 11 heteroatoms. The van der Waals surface area contributed by atoms with Crippen LogP contribution in [0.1, 0.15) is 80.9 Å². The highest BCUT2D eigenvalue weighted by atomic mass is 32.1. The first-order chi connectivity index (χ1) is 20.1. The monoisotopic (exact) mass is 610 g/mol. The Balaban J connectivity index is 1.66. The maximum atomic E-state index is 13.5. The number of thiophene rings is 1. The lowest BCUT2D eigenvalue weighted by atomic mass is 9.93. The second kappa shape index (κ2) is 12.9. The van der Waals surface area contributed by atoms with Gasteiger partial charge in [0.25, 0.3) is 18.2 Å². The van der Waals surface area contributed by atoms with Crippen molar-refractivity contribution < 1.29 is 18.4 Å². The Morgan fingerprint density at radius 3 is 2.56 bits per heavy atom. The number of carbonyl (C=O) groups excluding carboxylic acids is 2. The number of aromatic nitrogens is 2.